The van der Waals surface area contributed by atoms with Crippen LogP contribution in [0.5, 0.6) is 0 Å². The van der Waals surface area contributed by atoms with Crippen LogP contribution in [-0.2, 0) is 4.79 Å². The largest absolute Gasteiger partial charge is 0.297 e. The molecule has 0 bridgehead atoms. The van der Waals surface area contributed by atoms with Gasteiger partial charge in [0.1, 0.15) is 6.04 Å². The summed E-state index contributed by atoms with van der Waals surface area (Å²) in [6, 6.07) is 1.18. The molecule has 2 rings (SSSR count). The van der Waals surface area contributed by atoms with E-state index in [1.165, 1.54) is 12.8 Å². The quantitative estimate of drug-likeness (QED) is 0.749. The van der Waals surface area contributed by atoms with Gasteiger partial charge >= 0.3 is 0 Å². The summed E-state index contributed by atoms with van der Waals surface area (Å²) in [6.07, 6.45) is 3.69. The van der Waals surface area contributed by atoms with Gasteiger partial charge in [-0.2, -0.15) is 0 Å². The minimum Gasteiger partial charge on any atom is -0.297 e. The van der Waals surface area contributed by atoms with Gasteiger partial charge in [0.15, 0.2) is 0 Å². The molecule has 0 aromatic carbocycles. The zero-order valence-corrected chi connectivity index (χ0v) is 12.1. The molecule has 1 amide bonds. The van der Waals surface area contributed by atoms with Crippen molar-refractivity contribution in [2.75, 3.05) is 13.1 Å². The first-order valence-electron chi connectivity index (χ1n) is 7.32. The zero-order chi connectivity index (χ0) is 13.3. The molecule has 1 atom stereocenters. The Hall–Kier alpha value is -0.610. The van der Waals surface area contributed by atoms with Crippen LogP contribution in [-0.4, -0.2) is 47.0 Å². The van der Waals surface area contributed by atoms with Crippen LogP contribution in [0, 0.1) is 5.92 Å². The van der Waals surface area contributed by atoms with E-state index in [0.717, 1.165) is 25.4 Å². The molecule has 1 aliphatic carbocycles. The highest BCUT2D eigenvalue weighted by atomic mass is 16.2. The standard InChI is InChI=1S/C14H27N3O/c1-10(2)16(11(3)4)7-8-17-14(18)13(15-17)9-12-5-6-12/h10-13,15H,5-9H2,1-4H3. The van der Waals surface area contributed by atoms with Crippen LogP contribution >= 0.6 is 0 Å². The lowest BCUT2D eigenvalue weighted by molar-refractivity contribution is -0.153. The zero-order valence-electron chi connectivity index (χ0n) is 12.1. The van der Waals surface area contributed by atoms with E-state index in [-0.39, 0.29) is 6.04 Å². The van der Waals surface area contributed by atoms with E-state index in [2.05, 4.69) is 38.0 Å². The molecule has 0 aromatic rings. The van der Waals surface area contributed by atoms with Gasteiger partial charge in [0.2, 0.25) is 0 Å². The fourth-order valence-corrected chi connectivity index (χ4v) is 2.77. The first-order chi connectivity index (χ1) is 8.49. The lowest BCUT2D eigenvalue weighted by Crippen LogP contribution is -2.67. The van der Waals surface area contributed by atoms with Gasteiger partial charge in [-0.25, -0.2) is 5.43 Å². The highest BCUT2D eigenvalue weighted by Gasteiger charge is 2.39. The van der Waals surface area contributed by atoms with Gasteiger partial charge < -0.3 is 0 Å². The molecular weight excluding hydrogens is 226 g/mol. The smallest absolute Gasteiger partial charge is 0.255 e. The number of hydrogen-bond donors (Lipinski definition) is 1. The fourth-order valence-electron chi connectivity index (χ4n) is 2.77. The Balaban J connectivity index is 1.69. The van der Waals surface area contributed by atoms with Crippen LogP contribution in [0.15, 0.2) is 0 Å². The van der Waals surface area contributed by atoms with Crippen molar-refractivity contribution >= 4 is 5.91 Å². The SMILES string of the molecule is CC(C)N(CCN1NC(CC2CC2)C1=O)C(C)C. The minimum atomic E-state index is 0.115. The number of carbonyl (C=O) groups is 1. The second-order valence-electron chi connectivity index (χ2n) is 6.28. The summed E-state index contributed by atoms with van der Waals surface area (Å²) >= 11 is 0. The highest BCUT2D eigenvalue weighted by Crippen LogP contribution is 2.35. The Morgan fingerprint density at radius 1 is 1.28 bits per heavy atom. The molecule has 4 heteroatoms. The van der Waals surface area contributed by atoms with Crippen molar-refractivity contribution in [3.63, 3.8) is 0 Å². The van der Waals surface area contributed by atoms with Crippen molar-refractivity contribution in [2.24, 2.45) is 5.92 Å². The Kier molecular flexibility index (Phi) is 4.28. The second kappa shape index (κ2) is 5.57. The van der Waals surface area contributed by atoms with Crippen LogP contribution in [0.2, 0.25) is 0 Å². The maximum absolute atomic E-state index is 11.9. The first kappa shape index (κ1) is 13.8. The molecule has 2 aliphatic rings. The summed E-state index contributed by atoms with van der Waals surface area (Å²) in [5.41, 5.74) is 3.29. The van der Waals surface area contributed by atoms with Crippen LogP contribution < -0.4 is 5.43 Å². The third kappa shape index (κ3) is 3.23. The number of rotatable bonds is 7. The van der Waals surface area contributed by atoms with Crippen LogP contribution in [0.3, 0.4) is 0 Å². The van der Waals surface area contributed by atoms with Crippen LogP contribution in [0.4, 0.5) is 0 Å². The summed E-state index contributed by atoms with van der Waals surface area (Å²) in [5.74, 6) is 1.12. The number of nitrogens with one attached hydrogen (secondary N) is 1. The monoisotopic (exact) mass is 253 g/mol. The lowest BCUT2D eigenvalue weighted by atomic mass is 10.1. The molecule has 0 spiro atoms. The molecule has 104 valence electrons. The predicted octanol–water partition coefficient (Wildman–Crippen LogP) is 1.62. The van der Waals surface area contributed by atoms with Crippen molar-refractivity contribution < 1.29 is 4.79 Å². The summed E-state index contributed by atoms with van der Waals surface area (Å²) in [6.45, 7) is 10.6. The molecule has 18 heavy (non-hydrogen) atoms. The van der Waals surface area contributed by atoms with E-state index < -0.39 is 0 Å². The number of carbonyl (C=O) groups excluding carboxylic acids is 1. The molecule has 0 radical (unpaired) electrons. The Morgan fingerprint density at radius 2 is 1.89 bits per heavy atom. The van der Waals surface area contributed by atoms with Crippen LogP contribution in [0.1, 0.15) is 47.0 Å². The van der Waals surface area contributed by atoms with Crippen molar-refractivity contribution in [1.29, 1.82) is 0 Å². The summed E-state index contributed by atoms with van der Waals surface area (Å²) in [4.78, 5) is 14.3. The van der Waals surface area contributed by atoms with E-state index in [1.807, 2.05) is 0 Å². The van der Waals surface area contributed by atoms with Crippen molar-refractivity contribution in [3.8, 4) is 0 Å². The molecule has 0 aromatic heterocycles. The van der Waals surface area contributed by atoms with Crippen molar-refractivity contribution in [2.45, 2.75) is 65.1 Å². The molecule has 1 heterocycles. The summed E-state index contributed by atoms with van der Waals surface area (Å²) in [7, 11) is 0. The Bertz CT molecular complexity index is 291. The van der Waals surface area contributed by atoms with Gasteiger partial charge in [0, 0.05) is 18.6 Å². The molecule has 1 unspecified atom stereocenters. The molecule has 1 saturated heterocycles. The maximum atomic E-state index is 11.9. The molecule has 1 N–H and O–H groups in total. The number of hydrogen-bond acceptors (Lipinski definition) is 3. The van der Waals surface area contributed by atoms with E-state index in [4.69, 9.17) is 0 Å². The van der Waals surface area contributed by atoms with Gasteiger partial charge in [-0.05, 0) is 40.0 Å². The molecule has 2 fully saturated rings. The minimum absolute atomic E-state index is 0.115. The predicted molar refractivity (Wildman–Crippen MR) is 73.0 cm³/mol. The molecule has 1 saturated carbocycles. The van der Waals surface area contributed by atoms with E-state index in [9.17, 15) is 4.79 Å². The lowest BCUT2D eigenvalue weighted by Gasteiger charge is -2.41. The van der Waals surface area contributed by atoms with Gasteiger partial charge in [-0.15, -0.1) is 0 Å². The highest BCUT2D eigenvalue weighted by molar-refractivity contribution is 5.86. The van der Waals surface area contributed by atoms with Gasteiger partial charge in [-0.1, -0.05) is 12.8 Å². The maximum Gasteiger partial charge on any atom is 0.255 e. The second-order valence-corrected chi connectivity index (χ2v) is 6.28. The van der Waals surface area contributed by atoms with Crippen molar-refractivity contribution in [3.05, 3.63) is 0 Å². The Morgan fingerprint density at radius 3 is 2.33 bits per heavy atom. The van der Waals surface area contributed by atoms with Gasteiger partial charge in [0.05, 0.1) is 6.54 Å². The topological polar surface area (TPSA) is 35.6 Å². The molecule has 4 nitrogen and oxygen atoms in total. The van der Waals surface area contributed by atoms with Crippen molar-refractivity contribution in [1.82, 2.24) is 15.3 Å². The Labute approximate surface area is 111 Å². The van der Waals surface area contributed by atoms with E-state index in [1.54, 1.807) is 5.01 Å². The van der Waals surface area contributed by atoms with Gasteiger partial charge in [-0.3, -0.25) is 14.7 Å². The number of amides is 1. The summed E-state index contributed by atoms with van der Waals surface area (Å²) < 4.78 is 0. The third-order valence-electron chi connectivity index (χ3n) is 4.05. The third-order valence-corrected chi connectivity index (χ3v) is 4.05. The van der Waals surface area contributed by atoms with E-state index >= 15 is 0 Å². The average Bonchev–Trinajstić information content (AvgIpc) is 3.09. The molecule has 1 aliphatic heterocycles. The first-order valence-corrected chi connectivity index (χ1v) is 7.32. The number of hydrazine groups is 1. The molecular formula is C14H27N3O. The normalized spacial score (nSPS) is 24.3. The summed E-state index contributed by atoms with van der Waals surface area (Å²) in [5, 5.41) is 1.80. The van der Waals surface area contributed by atoms with E-state index in [0.29, 0.717) is 18.0 Å². The number of nitrogens with zero attached hydrogens (tertiary/aromatic N) is 2. The fraction of sp³-hybridized carbons (Fsp3) is 0.929. The average molecular weight is 253 g/mol. The van der Waals surface area contributed by atoms with Gasteiger partial charge in [0.25, 0.3) is 5.91 Å². The van der Waals surface area contributed by atoms with Crippen LogP contribution in [0.25, 0.3) is 0 Å².